The summed E-state index contributed by atoms with van der Waals surface area (Å²) in [7, 11) is 1.26. The molecule has 0 aliphatic heterocycles. The number of nitrogens with two attached hydrogens (primary N) is 3. The molecule has 13 heavy (non-hydrogen) atoms. The van der Waals surface area contributed by atoms with Crippen molar-refractivity contribution in [1.82, 2.24) is 0 Å². The van der Waals surface area contributed by atoms with Crippen LogP contribution >= 0.6 is 0 Å². The zero-order valence-corrected chi connectivity index (χ0v) is 7.40. The Morgan fingerprint density at radius 3 is 2.62 bits per heavy atom. The van der Waals surface area contributed by atoms with Crippen molar-refractivity contribution in [1.29, 1.82) is 0 Å². The maximum Gasteiger partial charge on any atom is 0.322 e. The Bertz CT molecular complexity index is 190. The zero-order valence-electron chi connectivity index (χ0n) is 7.40. The molecule has 0 aromatic heterocycles. The van der Waals surface area contributed by atoms with E-state index in [0.29, 0.717) is 6.42 Å². The third-order valence-corrected chi connectivity index (χ3v) is 1.19. The van der Waals surface area contributed by atoms with Crippen molar-refractivity contribution in [2.75, 3.05) is 13.7 Å². The molecule has 7 nitrogen and oxygen atoms in total. The van der Waals surface area contributed by atoms with Crippen LogP contribution in [0.4, 0.5) is 0 Å². The smallest absolute Gasteiger partial charge is 0.322 e. The third-order valence-electron chi connectivity index (χ3n) is 1.19. The van der Waals surface area contributed by atoms with Crippen molar-refractivity contribution in [3.8, 4) is 0 Å². The molecule has 1 atom stereocenters. The molecule has 0 aliphatic carbocycles. The molecule has 76 valence electrons. The fourth-order valence-corrected chi connectivity index (χ4v) is 0.569. The van der Waals surface area contributed by atoms with E-state index in [9.17, 15) is 4.79 Å². The summed E-state index contributed by atoms with van der Waals surface area (Å²) in [6, 6.07) is -0.709. The number of nitrogens with zero attached hydrogens (tertiary/aromatic N) is 1. The third kappa shape index (κ3) is 5.74. The van der Waals surface area contributed by atoms with Gasteiger partial charge in [0.15, 0.2) is 0 Å². The molecule has 0 aliphatic rings. The van der Waals surface area contributed by atoms with Crippen LogP contribution in [0.15, 0.2) is 5.16 Å². The van der Waals surface area contributed by atoms with Crippen molar-refractivity contribution in [3.63, 3.8) is 0 Å². The van der Waals surface area contributed by atoms with Crippen LogP contribution in [0.3, 0.4) is 0 Å². The number of oxime groups is 1. The van der Waals surface area contributed by atoms with E-state index in [1.165, 1.54) is 7.11 Å². The van der Waals surface area contributed by atoms with Gasteiger partial charge in [-0.2, -0.15) is 0 Å². The normalized spacial score (nSPS) is 11.5. The van der Waals surface area contributed by atoms with E-state index in [1.807, 2.05) is 0 Å². The molecule has 0 radical (unpaired) electrons. The molecule has 7 heteroatoms. The highest BCUT2D eigenvalue weighted by molar-refractivity contribution is 5.75. The minimum absolute atomic E-state index is 0.161. The number of guanidine groups is 1. The van der Waals surface area contributed by atoms with Gasteiger partial charge in [0, 0.05) is 6.42 Å². The molecule has 1 unspecified atom stereocenters. The van der Waals surface area contributed by atoms with Crippen LogP contribution in [0.25, 0.3) is 0 Å². The second-order valence-corrected chi connectivity index (χ2v) is 2.27. The van der Waals surface area contributed by atoms with Crippen LogP contribution in [-0.4, -0.2) is 31.7 Å². The van der Waals surface area contributed by atoms with Crippen LogP contribution in [0.1, 0.15) is 6.42 Å². The molecular formula is C6H14N4O3. The quantitative estimate of drug-likeness (QED) is 0.152. The highest BCUT2D eigenvalue weighted by atomic mass is 16.6. The van der Waals surface area contributed by atoms with Gasteiger partial charge >= 0.3 is 5.97 Å². The van der Waals surface area contributed by atoms with Gasteiger partial charge in [-0.3, -0.25) is 4.79 Å². The number of hydrogen-bond acceptors (Lipinski definition) is 5. The molecule has 0 aromatic rings. The van der Waals surface area contributed by atoms with Crippen LogP contribution in [0, 0.1) is 0 Å². The molecule has 0 fully saturated rings. The van der Waals surface area contributed by atoms with E-state index in [-0.39, 0.29) is 12.6 Å². The average Bonchev–Trinajstić information content (AvgIpc) is 2.10. The topological polar surface area (TPSA) is 126 Å². The van der Waals surface area contributed by atoms with Crippen LogP contribution < -0.4 is 17.2 Å². The molecule has 0 rings (SSSR count). The first-order valence-corrected chi connectivity index (χ1v) is 3.62. The second kappa shape index (κ2) is 6.06. The second-order valence-electron chi connectivity index (χ2n) is 2.27. The molecular weight excluding hydrogens is 176 g/mol. The van der Waals surface area contributed by atoms with Gasteiger partial charge < -0.3 is 26.8 Å². The Hall–Kier alpha value is -1.50. The lowest BCUT2D eigenvalue weighted by Gasteiger charge is -2.07. The summed E-state index contributed by atoms with van der Waals surface area (Å²) in [4.78, 5) is 15.4. The first kappa shape index (κ1) is 11.5. The van der Waals surface area contributed by atoms with E-state index in [4.69, 9.17) is 17.2 Å². The summed E-state index contributed by atoms with van der Waals surface area (Å²) in [5.74, 6) is -0.667. The summed E-state index contributed by atoms with van der Waals surface area (Å²) in [5.41, 5.74) is 15.3. The maximum atomic E-state index is 10.8. The van der Waals surface area contributed by atoms with Crippen LogP contribution in [-0.2, 0) is 14.4 Å². The van der Waals surface area contributed by atoms with Crippen LogP contribution in [0.2, 0.25) is 0 Å². The highest BCUT2D eigenvalue weighted by Gasteiger charge is 2.12. The maximum absolute atomic E-state index is 10.8. The predicted octanol–water partition coefficient (Wildman–Crippen LogP) is -1.92. The van der Waals surface area contributed by atoms with Gasteiger partial charge in [-0.25, -0.2) is 0 Å². The first-order chi connectivity index (χ1) is 6.07. The van der Waals surface area contributed by atoms with Gasteiger partial charge in [0.2, 0.25) is 5.96 Å². The molecule has 0 amide bonds. The van der Waals surface area contributed by atoms with Gasteiger partial charge in [-0.1, -0.05) is 0 Å². The minimum atomic E-state index is -0.709. The molecule has 0 saturated heterocycles. The largest absolute Gasteiger partial charge is 0.468 e. The molecule has 6 N–H and O–H groups in total. The molecule has 0 bridgehead atoms. The summed E-state index contributed by atoms with van der Waals surface area (Å²) in [6.07, 6.45) is 0.295. The van der Waals surface area contributed by atoms with E-state index in [2.05, 4.69) is 14.7 Å². The number of methoxy groups -OCH3 is 1. The highest BCUT2D eigenvalue weighted by Crippen LogP contribution is 1.92. The Balaban J connectivity index is 3.53. The number of carbonyl (C=O) groups excluding carboxylic acids is 1. The summed E-state index contributed by atoms with van der Waals surface area (Å²) in [5, 5.41) is 3.25. The molecule has 0 aromatic carbocycles. The van der Waals surface area contributed by atoms with Gasteiger partial charge in [0.25, 0.3) is 0 Å². The standard InChI is InChI=1S/C6H14N4O3/c1-12-5(11)4(7)2-3-13-10-6(8)9/h4H,2-3,7H2,1H3,(H4,8,9,10). The fourth-order valence-electron chi connectivity index (χ4n) is 0.569. The lowest BCUT2D eigenvalue weighted by molar-refractivity contribution is -0.142. The number of esters is 1. The van der Waals surface area contributed by atoms with E-state index in [1.54, 1.807) is 0 Å². The Morgan fingerprint density at radius 1 is 1.54 bits per heavy atom. The van der Waals surface area contributed by atoms with Crippen LogP contribution in [0.5, 0.6) is 0 Å². The van der Waals surface area contributed by atoms with Gasteiger partial charge in [0.1, 0.15) is 12.6 Å². The van der Waals surface area contributed by atoms with Gasteiger partial charge in [0.05, 0.1) is 7.11 Å². The van der Waals surface area contributed by atoms with E-state index >= 15 is 0 Å². The fraction of sp³-hybridized carbons (Fsp3) is 0.667. The molecule has 0 spiro atoms. The van der Waals surface area contributed by atoms with Crippen molar-refractivity contribution in [2.24, 2.45) is 22.4 Å². The van der Waals surface area contributed by atoms with E-state index < -0.39 is 12.0 Å². The first-order valence-electron chi connectivity index (χ1n) is 3.62. The van der Waals surface area contributed by atoms with Crippen molar-refractivity contribution in [2.45, 2.75) is 12.5 Å². The lowest BCUT2D eigenvalue weighted by Crippen LogP contribution is -2.32. The number of rotatable bonds is 5. The SMILES string of the molecule is COC(=O)C(N)CCON=C(N)N. The monoisotopic (exact) mass is 190 g/mol. The lowest BCUT2D eigenvalue weighted by atomic mass is 10.2. The predicted molar refractivity (Wildman–Crippen MR) is 46.4 cm³/mol. The Labute approximate surface area is 75.8 Å². The molecule has 0 saturated carbocycles. The van der Waals surface area contributed by atoms with Gasteiger partial charge in [-0.05, 0) is 5.16 Å². The summed E-state index contributed by atoms with van der Waals surface area (Å²) >= 11 is 0. The summed E-state index contributed by atoms with van der Waals surface area (Å²) in [6.45, 7) is 0.161. The number of hydrogen-bond donors (Lipinski definition) is 3. The number of ether oxygens (including phenoxy) is 1. The Morgan fingerprint density at radius 2 is 2.15 bits per heavy atom. The van der Waals surface area contributed by atoms with Crippen molar-refractivity contribution >= 4 is 11.9 Å². The van der Waals surface area contributed by atoms with Crippen molar-refractivity contribution in [3.05, 3.63) is 0 Å². The zero-order chi connectivity index (χ0) is 10.3. The molecule has 0 heterocycles. The minimum Gasteiger partial charge on any atom is -0.468 e. The number of carbonyl (C=O) groups is 1. The van der Waals surface area contributed by atoms with Gasteiger partial charge in [-0.15, -0.1) is 0 Å². The summed E-state index contributed by atoms with van der Waals surface area (Å²) < 4.78 is 4.39. The van der Waals surface area contributed by atoms with Crippen molar-refractivity contribution < 1.29 is 14.4 Å². The van der Waals surface area contributed by atoms with E-state index in [0.717, 1.165) is 0 Å². The Kier molecular flexibility index (Phi) is 5.37. The average molecular weight is 190 g/mol.